The van der Waals surface area contributed by atoms with E-state index < -0.39 is 5.97 Å². The van der Waals surface area contributed by atoms with Crippen molar-refractivity contribution in [3.63, 3.8) is 0 Å². The van der Waals surface area contributed by atoms with E-state index in [0.29, 0.717) is 16.7 Å². The van der Waals surface area contributed by atoms with Gasteiger partial charge in [-0.2, -0.15) is 5.26 Å². The molecule has 1 aliphatic rings. The van der Waals surface area contributed by atoms with Gasteiger partial charge in [0.15, 0.2) is 6.61 Å². The monoisotopic (exact) mass is 366 g/mol. The Bertz CT molecular complexity index is 884. The number of aryl methyl sites for hydroxylation is 1. The number of benzene rings is 1. The summed E-state index contributed by atoms with van der Waals surface area (Å²) < 4.78 is 12.9. The van der Waals surface area contributed by atoms with Gasteiger partial charge in [-0.1, -0.05) is 0 Å². The lowest BCUT2D eigenvalue weighted by Gasteiger charge is -2.14. The Balaban J connectivity index is 1.63. The second-order valence-corrected chi connectivity index (χ2v) is 6.72. The molecule has 0 radical (unpaired) electrons. The maximum Gasteiger partial charge on any atom is 0.338 e. The molecule has 1 aromatic heterocycles. The van der Waals surface area contributed by atoms with Crippen molar-refractivity contribution in [3.05, 3.63) is 58.4 Å². The molecule has 0 bridgehead atoms. The van der Waals surface area contributed by atoms with Crippen LogP contribution in [0.1, 0.15) is 50.5 Å². The number of esters is 1. The second kappa shape index (κ2) is 8.19. The van der Waals surface area contributed by atoms with Gasteiger partial charge < -0.3 is 14.0 Å². The Labute approximate surface area is 158 Å². The molecule has 0 amide bonds. The molecular formula is C21H22N2O4. The topological polar surface area (TPSA) is 81.3 Å². The first-order chi connectivity index (χ1) is 13.0. The summed E-state index contributed by atoms with van der Waals surface area (Å²) in [6.45, 7) is 5.07. The number of nitriles is 1. The molecule has 6 heteroatoms. The van der Waals surface area contributed by atoms with Crippen LogP contribution in [0.25, 0.3) is 0 Å². The fourth-order valence-electron chi connectivity index (χ4n) is 3.33. The van der Waals surface area contributed by atoms with Gasteiger partial charge in [0.1, 0.15) is 0 Å². The molecule has 0 spiro atoms. The molecule has 0 N–H and O–H groups in total. The van der Waals surface area contributed by atoms with E-state index in [1.54, 1.807) is 0 Å². The summed E-state index contributed by atoms with van der Waals surface area (Å²) in [7, 11) is 0. The van der Waals surface area contributed by atoms with Crippen LogP contribution >= 0.6 is 0 Å². The minimum Gasteiger partial charge on any atom is -0.454 e. The van der Waals surface area contributed by atoms with Gasteiger partial charge in [-0.15, -0.1) is 0 Å². The number of aromatic nitrogens is 1. The highest BCUT2D eigenvalue weighted by molar-refractivity contribution is 6.00. The number of ketones is 1. The van der Waals surface area contributed by atoms with E-state index in [-0.39, 0.29) is 18.5 Å². The molecule has 2 aromatic rings. The highest BCUT2D eigenvalue weighted by Crippen LogP contribution is 2.21. The third kappa shape index (κ3) is 4.26. The molecule has 2 heterocycles. The first kappa shape index (κ1) is 18.9. The second-order valence-electron chi connectivity index (χ2n) is 6.72. The van der Waals surface area contributed by atoms with Crippen molar-refractivity contribution < 1.29 is 19.1 Å². The van der Waals surface area contributed by atoms with Crippen LogP contribution in [0.3, 0.4) is 0 Å². The lowest BCUT2D eigenvalue weighted by atomic mass is 10.1. The Morgan fingerprint density at radius 3 is 2.67 bits per heavy atom. The van der Waals surface area contributed by atoms with Gasteiger partial charge in [-0.3, -0.25) is 4.79 Å². The van der Waals surface area contributed by atoms with Gasteiger partial charge in [-0.05, 0) is 57.0 Å². The summed E-state index contributed by atoms with van der Waals surface area (Å²) in [5.74, 6) is -0.815. The largest absolute Gasteiger partial charge is 0.454 e. The molecule has 3 rings (SSSR count). The molecule has 27 heavy (non-hydrogen) atoms. The highest BCUT2D eigenvalue weighted by atomic mass is 16.5. The van der Waals surface area contributed by atoms with Gasteiger partial charge >= 0.3 is 5.97 Å². The van der Waals surface area contributed by atoms with E-state index in [9.17, 15) is 9.59 Å². The van der Waals surface area contributed by atoms with E-state index in [1.165, 1.54) is 24.3 Å². The van der Waals surface area contributed by atoms with Gasteiger partial charge in [0.2, 0.25) is 5.78 Å². The van der Waals surface area contributed by atoms with E-state index in [0.717, 1.165) is 37.4 Å². The summed E-state index contributed by atoms with van der Waals surface area (Å²) in [6.07, 6.45) is 2.29. The van der Waals surface area contributed by atoms with Crippen molar-refractivity contribution >= 4 is 11.8 Å². The van der Waals surface area contributed by atoms with Crippen molar-refractivity contribution in [1.29, 1.82) is 5.26 Å². The standard InChI is InChI=1S/C21H22N2O4/c1-14-10-19(15(2)23(14)12-18-4-3-9-26-18)20(24)13-27-21(25)17-7-5-16(11-22)6-8-17/h5-8,10,18H,3-4,9,12-13H2,1-2H3. The van der Waals surface area contributed by atoms with E-state index in [2.05, 4.69) is 4.57 Å². The molecule has 0 saturated carbocycles. The van der Waals surface area contributed by atoms with Crippen molar-refractivity contribution in [1.82, 2.24) is 4.57 Å². The van der Waals surface area contributed by atoms with E-state index >= 15 is 0 Å². The minimum atomic E-state index is -0.582. The van der Waals surface area contributed by atoms with Crippen LogP contribution in [0, 0.1) is 25.2 Å². The first-order valence-corrected chi connectivity index (χ1v) is 8.98. The average Bonchev–Trinajstić information content (AvgIpc) is 3.29. The molecule has 1 fully saturated rings. The number of hydrogen-bond acceptors (Lipinski definition) is 5. The SMILES string of the molecule is Cc1cc(C(=O)COC(=O)c2ccc(C#N)cc2)c(C)n1CC1CCCO1. The summed E-state index contributed by atoms with van der Waals surface area (Å²) in [4.78, 5) is 24.6. The Kier molecular flexibility index (Phi) is 5.72. The molecule has 140 valence electrons. The number of carbonyl (C=O) groups is 2. The van der Waals surface area contributed by atoms with Crippen LogP contribution in [-0.2, 0) is 16.0 Å². The lowest BCUT2D eigenvalue weighted by molar-refractivity contribution is 0.0474. The van der Waals surface area contributed by atoms with Crippen LogP contribution in [0.15, 0.2) is 30.3 Å². The van der Waals surface area contributed by atoms with Crippen LogP contribution in [0.4, 0.5) is 0 Å². The number of hydrogen-bond donors (Lipinski definition) is 0. The summed E-state index contributed by atoms with van der Waals surface area (Å²) in [5, 5.41) is 8.79. The quantitative estimate of drug-likeness (QED) is 0.579. The lowest BCUT2D eigenvalue weighted by Crippen LogP contribution is -2.18. The molecule has 1 aliphatic heterocycles. The van der Waals surface area contributed by atoms with Crippen LogP contribution < -0.4 is 0 Å². The number of carbonyl (C=O) groups excluding carboxylic acids is 2. The molecule has 1 aromatic carbocycles. The zero-order valence-corrected chi connectivity index (χ0v) is 15.5. The summed E-state index contributed by atoms with van der Waals surface area (Å²) in [6, 6.07) is 9.93. The predicted molar refractivity (Wildman–Crippen MR) is 98.7 cm³/mol. The maximum atomic E-state index is 12.5. The normalized spacial score (nSPS) is 16.1. The Morgan fingerprint density at radius 1 is 1.30 bits per heavy atom. The molecule has 1 saturated heterocycles. The maximum absolute atomic E-state index is 12.5. The Hall–Kier alpha value is -2.91. The average molecular weight is 366 g/mol. The molecule has 1 unspecified atom stereocenters. The van der Waals surface area contributed by atoms with Crippen LogP contribution in [-0.4, -0.2) is 35.6 Å². The van der Waals surface area contributed by atoms with Crippen molar-refractivity contribution in [2.24, 2.45) is 0 Å². The summed E-state index contributed by atoms with van der Waals surface area (Å²) in [5.41, 5.74) is 3.19. The van der Waals surface area contributed by atoms with Crippen molar-refractivity contribution in [2.75, 3.05) is 13.2 Å². The van der Waals surface area contributed by atoms with Crippen molar-refractivity contribution in [3.8, 4) is 6.07 Å². The van der Waals surface area contributed by atoms with E-state index in [4.69, 9.17) is 14.7 Å². The minimum absolute atomic E-state index is 0.187. The molecule has 0 aliphatic carbocycles. The first-order valence-electron chi connectivity index (χ1n) is 8.98. The molecule has 1 atom stereocenters. The Morgan fingerprint density at radius 2 is 2.04 bits per heavy atom. The van der Waals surface area contributed by atoms with Gasteiger partial charge in [0, 0.05) is 30.1 Å². The van der Waals surface area contributed by atoms with Gasteiger partial charge in [0.05, 0.1) is 23.3 Å². The fourth-order valence-corrected chi connectivity index (χ4v) is 3.33. The number of rotatable bonds is 6. The molecule has 6 nitrogen and oxygen atoms in total. The predicted octanol–water partition coefficient (Wildman–Crippen LogP) is 3.20. The fraction of sp³-hybridized carbons (Fsp3) is 0.381. The third-order valence-electron chi connectivity index (χ3n) is 4.87. The van der Waals surface area contributed by atoms with Crippen LogP contribution in [0.2, 0.25) is 0 Å². The zero-order chi connectivity index (χ0) is 19.4. The van der Waals surface area contributed by atoms with Crippen molar-refractivity contribution in [2.45, 2.75) is 39.3 Å². The number of ether oxygens (including phenoxy) is 2. The zero-order valence-electron chi connectivity index (χ0n) is 15.5. The van der Waals surface area contributed by atoms with Crippen LogP contribution in [0.5, 0.6) is 0 Å². The smallest absolute Gasteiger partial charge is 0.338 e. The summed E-state index contributed by atoms with van der Waals surface area (Å²) >= 11 is 0. The highest BCUT2D eigenvalue weighted by Gasteiger charge is 2.21. The number of Topliss-reactive ketones (excluding diaryl/α,β-unsaturated/α-hetero) is 1. The number of nitrogens with zero attached hydrogens (tertiary/aromatic N) is 2. The third-order valence-corrected chi connectivity index (χ3v) is 4.87. The molecular weight excluding hydrogens is 344 g/mol. The van der Waals surface area contributed by atoms with E-state index in [1.807, 2.05) is 26.0 Å². The van der Waals surface area contributed by atoms with Gasteiger partial charge in [0.25, 0.3) is 0 Å². The van der Waals surface area contributed by atoms with Gasteiger partial charge in [-0.25, -0.2) is 4.79 Å².